The van der Waals surface area contributed by atoms with Crippen molar-refractivity contribution in [2.45, 2.75) is 212 Å². The Morgan fingerprint density at radius 3 is 1.53 bits per heavy atom. The molecule has 3 unspecified atom stereocenters. The molecule has 0 amide bonds. The van der Waals surface area contributed by atoms with Crippen LogP contribution in [0.3, 0.4) is 0 Å². The minimum absolute atomic E-state index is 0.0427. The van der Waals surface area contributed by atoms with Gasteiger partial charge in [-0.15, -0.1) is 0 Å². The molecule has 3 atom stereocenters. The molecule has 0 aromatic rings. The van der Waals surface area contributed by atoms with Crippen LogP contribution >= 0.6 is 7.82 Å². The Morgan fingerprint density at radius 2 is 1.00 bits per heavy atom. The van der Waals surface area contributed by atoms with Crippen molar-refractivity contribution in [3.8, 4) is 0 Å². The molecule has 0 heterocycles. The summed E-state index contributed by atoms with van der Waals surface area (Å²) >= 11 is 0. The van der Waals surface area contributed by atoms with Crippen LogP contribution in [0.1, 0.15) is 200 Å². The molecule has 0 saturated heterocycles. The van der Waals surface area contributed by atoms with Crippen molar-refractivity contribution in [2.75, 3.05) is 33.0 Å². The molecule has 3 N–H and O–H groups in total. The Morgan fingerprint density at radius 1 is 0.561 bits per heavy atom. The van der Waals surface area contributed by atoms with Crippen molar-refractivity contribution in [1.82, 2.24) is 0 Å². The lowest BCUT2D eigenvalue weighted by atomic mass is 10.1. The van der Waals surface area contributed by atoms with Crippen LogP contribution in [0.25, 0.3) is 0 Å². The molecule has 0 rings (SSSR count). The van der Waals surface area contributed by atoms with Gasteiger partial charge in [-0.05, 0) is 70.6 Å². The first-order valence-electron chi connectivity index (χ1n) is 23.1. The second kappa shape index (κ2) is 44.0. The molecular weight excluding hydrogens is 739 g/mol. The zero-order valence-electron chi connectivity index (χ0n) is 36.6. The highest BCUT2D eigenvalue weighted by molar-refractivity contribution is 7.47. The second-order valence-corrected chi connectivity index (χ2v) is 16.8. The lowest BCUT2D eigenvalue weighted by Crippen LogP contribution is -2.29. The lowest BCUT2D eigenvalue weighted by molar-refractivity contribution is -0.154. The van der Waals surface area contributed by atoms with E-state index in [1.165, 1.54) is 109 Å². The maximum absolute atomic E-state index is 12.6. The van der Waals surface area contributed by atoms with Crippen LogP contribution in [0.15, 0.2) is 48.6 Å². The molecule has 0 radical (unpaired) electrons. The molecule has 0 fully saturated rings. The van der Waals surface area contributed by atoms with Gasteiger partial charge in [0.05, 0.1) is 26.4 Å². The number of carbonyl (C=O) groups is 1. The van der Waals surface area contributed by atoms with Crippen LogP contribution in [0.2, 0.25) is 0 Å². The monoisotopic (exact) mass is 827 g/mol. The average Bonchev–Trinajstić information content (AvgIpc) is 3.20. The number of ether oxygens (including phenoxy) is 2. The first-order valence-corrected chi connectivity index (χ1v) is 24.6. The third-order valence-corrected chi connectivity index (χ3v) is 10.7. The van der Waals surface area contributed by atoms with Gasteiger partial charge in [0.2, 0.25) is 0 Å². The van der Waals surface area contributed by atoms with Crippen LogP contribution < -0.4 is 0 Å². The van der Waals surface area contributed by atoms with E-state index < -0.39 is 39.2 Å². The first-order chi connectivity index (χ1) is 27.8. The number of unbranched alkanes of at least 4 members (excludes halogenated alkanes) is 22. The van der Waals surface area contributed by atoms with Crippen LogP contribution in [0.5, 0.6) is 0 Å². The summed E-state index contributed by atoms with van der Waals surface area (Å²) in [6.45, 7) is 3.40. The van der Waals surface area contributed by atoms with Gasteiger partial charge in [-0.1, -0.05) is 172 Å². The predicted molar refractivity (Wildman–Crippen MR) is 237 cm³/mol. The topological polar surface area (TPSA) is 132 Å². The molecule has 9 nitrogen and oxygen atoms in total. The van der Waals surface area contributed by atoms with Gasteiger partial charge in [0.1, 0.15) is 12.2 Å². The molecule has 0 aliphatic rings. The Labute approximate surface area is 349 Å². The van der Waals surface area contributed by atoms with Crippen molar-refractivity contribution in [1.29, 1.82) is 0 Å². The molecular formula is C47H87O9P. The van der Waals surface area contributed by atoms with Gasteiger partial charge in [0.25, 0.3) is 0 Å². The average molecular weight is 827 g/mol. The number of esters is 1. The molecule has 57 heavy (non-hydrogen) atoms. The van der Waals surface area contributed by atoms with Crippen LogP contribution in [0.4, 0.5) is 0 Å². The lowest BCUT2D eigenvalue weighted by Gasteiger charge is -2.20. The van der Waals surface area contributed by atoms with E-state index in [9.17, 15) is 19.4 Å². The van der Waals surface area contributed by atoms with Gasteiger partial charge >= 0.3 is 13.8 Å². The third kappa shape index (κ3) is 43.8. The largest absolute Gasteiger partial charge is 0.472 e. The smallest absolute Gasteiger partial charge is 0.457 e. The number of rotatable bonds is 44. The number of hydrogen-bond acceptors (Lipinski definition) is 8. The van der Waals surface area contributed by atoms with Gasteiger partial charge in [-0.2, -0.15) is 0 Å². The normalized spacial score (nSPS) is 14.4. The van der Waals surface area contributed by atoms with Crippen molar-refractivity contribution in [3.05, 3.63) is 48.6 Å². The van der Waals surface area contributed by atoms with E-state index in [1.54, 1.807) is 0 Å². The van der Waals surface area contributed by atoms with E-state index in [-0.39, 0.29) is 19.6 Å². The van der Waals surface area contributed by atoms with Crippen LogP contribution in [-0.4, -0.2) is 66.3 Å². The fourth-order valence-corrected chi connectivity index (χ4v) is 7.04. The highest BCUT2D eigenvalue weighted by atomic mass is 31.2. The third-order valence-electron chi connectivity index (χ3n) is 9.75. The predicted octanol–water partition coefficient (Wildman–Crippen LogP) is 13.0. The van der Waals surface area contributed by atoms with Crippen LogP contribution in [-0.2, 0) is 27.9 Å². The number of carbonyl (C=O) groups excluding carboxylic acids is 1. The molecule has 334 valence electrons. The quantitative estimate of drug-likeness (QED) is 0.0238. The summed E-state index contributed by atoms with van der Waals surface area (Å²) in [7, 11) is -4.52. The number of hydrogen-bond donors (Lipinski definition) is 3. The fraction of sp³-hybridized carbons (Fsp3) is 0.809. The number of phosphoric ester groups is 1. The minimum atomic E-state index is -4.52. The maximum Gasteiger partial charge on any atom is 0.472 e. The van der Waals surface area contributed by atoms with Gasteiger partial charge in [-0.3, -0.25) is 13.8 Å². The van der Waals surface area contributed by atoms with Crippen molar-refractivity contribution >= 4 is 13.8 Å². The Kier molecular flexibility index (Phi) is 42.8. The number of allylic oxidation sites excluding steroid dienone is 8. The fourth-order valence-electron chi connectivity index (χ4n) is 6.25. The number of aliphatic hydroxyl groups excluding tert-OH is 2. The summed E-state index contributed by atoms with van der Waals surface area (Å²) in [6, 6.07) is 0. The molecule has 0 spiro atoms. The second-order valence-electron chi connectivity index (χ2n) is 15.4. The van der Waals surface area contributed by atoms with E-state index in [0.717, 1.165) is 70.6 Å². The summed E-state index contributed by atoms with van der Waals surface area (Å²) in [5.41, 5.74) is 0. The van der Waals surface area contributed by atoms with E-state index in [2.05, 4.69) is 62.5 Å². The summed E-state index contributed by atoms with van der Waals surface area (Å²) in [4.78, 5) is 22.6. The molecule has 0 aliphatic carbocycles. The van der Waals surface area contributed by atoms with Crippen LogP contribution in [0, 0.1) is 0 Å². The van der Waals surface area contributed by atoms with E-state index in [0.29, 0.717) is 6.61 Å². The maximum atomic E-state index is 12.6. The first kappa shape index (κ1) is 55.4. The molecule has 10 heteroatoms. The van der Waals surface area contributed by atoms with Gasteiger partial charge in [0.15, 0.2) is 0 Å². The summed E-state index contributed by atoms with van der Waals surface area (Å²) in [5, 5.41) is 18.4. The molecule has 0 aromatic heterocycles. The van der Waals surface area contributed by atoms with Gasteiger partial charge < -0.3 is 24.6 Å². The number of aliphatic hydroxyl groups is 2. The van der Waals surface area contributed by atoms with Crippen molar-refractivity contribution in [3.63, 3.8) is 0 Å². The SMILES string of the molecule is CC/C=C\C/C=C\C/C=C\CCCCCCCCCC(=O)OC(COCCCCCCCCCC/C=C\CCCCCCCCC)COP(=O)(O)OCC(O)CO. The van der Waals surface area contributed by atoms with Crippen molar-refractivity contribution in [2.24, 2.45) is 0 Å². The van der Waals surface area contributed by atoms with Crippen molar-refractivity contribution < 1.29 is 43.0 Å². The van der Waals surface area contributed by atoms with E-state index in [4.69, 9.17) is 23.6 Å². The minimum Gasteiger partial charge on any atom is -0.457 e. The van der Waals surface area contributed by atoms with E-state index >= 15 is 0 Å². The Bertz CT molecular complexity index is 1030. The Hall–Kier alpha value is -1.58. The highest BCUT2D eigenvalue weighted by Gasteiger charge is 2.26. The highest BCUT2D eigenvalue weighted by Crippen LogP contribution is 2.43. The standard InChI is InChI=1S/C47H87O9P/c1-3-5-7-9-11-13-15-17-19-21-22-24-26-28-30-32-34-36-38-40-53-43-46(44-55-57(51,52)54-42-45(49)41-48)56-47(50)39-37-35-33-31-29-27-25-23-20-18-16-14-12-10-8-6-4-2/h6,8,12,14,18-21,45-46,48-49H,3-5,7,9-11,13,15-17,22-44H2,1-2H3,(H,51,52)/b8-6-,14-12-,20-18-,21-19-. The van der Waals surface area contributed by atoms with Gasteiger partial charge in [0, 0.05) is 13.0 Å². The molecule has 0 aromatic carbocycles. The number of phosphoric acid groups is 1. The molecule has 0 bridgehead atoms. The zero-order valence-corrected chi connectivity index (χ0v) is 37.4. The van der Waals surface area contributed by atoms with E-state index in [1.807, 2.05) is 0 Å². The summed E-state index contributed by atoms with van der Waals surface area (Å²) < 4.78 is 33.4. The zero-order chi connectivity index (χ0) is 41.8. The van der Waals surface area contributed by atoms with Gasteiger partial charge in [-0.25, -0.2) is 4.57 Å². The summed E-state index contributed by atoms with van der Waals surface area (Å²) in [5.74, 6) is -0.393. The summed E-state index contributed by atoms with van der Waals surface area (Å²) in [6.07, 6.45) is 49.2. The Balaban J connectivity index is 4.15. The molecule has 0 aliphatic heterocycles. The molecule has 0 saturated carbocycles.